The van der Waals surface area contributed by atoms with Gasteiger partial charge in [-0.3, -0.25) is 4.79 Å². The van der Waals surface area contributed by atoms with Gasteiger partial charge in [0.25, 0.3) is 5.91 Å². The quantitative estimate of drug-likeness (QED) is 0.852. The van der Waals surface area contributed by atoms with Gasteiger partial charge in [-0.1, -0.05) is 6.92 Å². The Kier molecular flexibility index (Phi) is 5.09. The Hall–Kier alpha value is -2.63. The second kappa shape index (κ2) is 7.23. The van der Waals surface area contributed by atoms with Crippen LogP contribution in [-0.2, 0) is 0 Å². The van der Waals surface area contributed by atoms with E-state index in [0.717, 1.165) is 17.9 Å². The molecular weight excluding hydrogens is 268 g/mol. The van der Waals surface area contributed by atoms with Crippen molar-refractivity contribution in [3.05, 3.63) is 42.2 Å². The zero-order valence-electron chi connectivity index (χ0n) is 12.1. The molecule has 6 nitrogen and oxygen atoms in total. The number of nitrogens with zero attached hydrogens (tertiary/aromatic N) is 2. The highest BCUT2D eigenvalue weighted by Gasteiger charge is 2.08. The third-order valence-electron chi connectivity index (χ3n) is 2.77. The molecule has 110 valence electrons. The molecule has 2 rings (SSSR count). The number of hydrogen-bond acceptors (Lipinski definition) is 5. The third kappa shape index (κ3) is 4.17. The van der Waals surface area contributed by atoms with Crippen molar-refractivity contribution in [3.8, 4) is 5.75 Å². The summed E-state index contributed by atoms with van der Waals surface area (Å²) < 4.78 is 5.10. The van der Waals surface area contributed by atoms with Gasteiger partial charge in [0.1, 0.15) is 11.4 Å². The van der Waals surface area contributed by atoms with Gasteiger partial charge >= 0.3 is 0 Å². The van der Waals surface area contributed by atoms with Crippen LogP contribution in [0.3, 0.4) is 0 Å². The van der Waals surface area contributed by atoms with Crippen LogP contribution in [0.1, 0.15) is 23.8 Å². The molecule has 1 amide bonds. The maximum atomic E-state index is 11.8. The number of hydrogen-bond donors (Lipinski definition) is 2. The number of nitrogens with one attached hydrogen (secondary N) is 2. The maximum Gasteiger partial charge on any atom is 0.270 e. The minimum Gasteiger partial charge on any atom is -0.497 e. The van der Waals surface area contributed by atoms with E-state index in [-0.39, 0.29) is 5.91 Å². The molecule has 0 radical (unpaired) electrons. The Morgan fingerprint density at radius 2 is 2.00 bits per heavy atom. The summed E-state index contributed by atoms with van der Waals surface area (Å²) in [5.74, 6) is 0.954. The highest BCUT2D eigenvalue weighted by atomic mass is 16.5. The van der Waals surface area contributed by atoms with Crippen molar-refractivity contribution in [2.45, 2.75) is 13.3 Å². The molecular formula is C15H18N4O2. The summed E-state index contributed by atoms with van der Waals surface area (Å²) in [6.07, 6.45) is 2.44. The molecule has 0 saturated heterocycles. The summed E-state index contributed by atoms with van der Waals surface area (Å²) in [6, 6.07) is 8.96. The van der Waals surface area contributed by atoms with E-state index in [1.807, 2.05) is 31.2 Å². The van der Waals surface area contributed by atoms with Crippen LogP contribution in [0.5, 0.6) is 5.75 Å². The van der Waals surface area contributed by atoms with E-state index in [1.54, 1.807) is 19.4 Å². The van der Waals surface area contributed by atoms with Gasteiger partial charge < -0.3 is 15.4 Å². The van der Waals surface area contributed by atoms with Crippen molar-refractivity contribution in [2.75, 3.05) is 19.0 Å². The molecule has 1 heterocycles. The molecule has 0 unspecified atom stereocenters. The number of carbonyl (C=O) groups is 1. The van der Waals surface area contributed by atoms with Gasteiger partial charge in [-0.25, -0.2) is 9.97 Å². The van der Waals surface area contributed by atoms with Crippen molar-refractivity contribution < 1.29 is 9.53 Å². The van der Waals surface area contributed by atoms with E-state index in [9.17, 15) is 4.79 Å². The Morgan fingerprint density at radius 1 is 1.24 bits per heavy atom. The Labute approximate surface area is 123 Å². The van der Waals surface area contributed by atoms with Crippen molar-refractivity contribution in [2.24, 2.45) is 0 Å². The Bertz CT molecular complexity index is 599. The van der Waals surface area contributed by atoms with Crippen LogP contribution < -0.4 is 15.4 Å². The fourth-order valence-electron chi connectivity index (χ4n) is 1.68. The molecule has 0 spiro atoms. The topological polar surface area (TPSA) is 76.1 Å². The summed E-state index contributed by atoms with van der Waals surface area (Å²) >= 11 is 0. The second-order valence-electron chi connectivity index (χ2n) is 4.37. The molecule has 0 bridgehead atoms. The van der Waals surface area contributed by atoms with Gasteiger partial charge in [0.2, 0.25) is 5.95 Å². The van der Waals surface area contributed by atoms with E-state index in [0.29, 0.717) is 18.2 Å². The van der Waals surface area contributed by atoms with Crippen LogP contribution in [0, 0.1) is 0 Å². The number of anilines is 2. The monoisotopic (exact) mass is 286 g/mol. The van der Waals surface area contributed by atoms with Crippen LogP contribution in [0.2, 0.25) is 0 Å². The van der Waals surface area contributed by atoms with Crippen molar-refractivity contribution in [3.63, 3.8) is 0 Å². The maximum absolute atomic E-state index is 11.8. The van der Waals surface area contributed by atoms with Crippen LogP contribution in [-0.4, -0.2) is 29.5 Å². The predicted octanol–water partition coefficient (Wildman–Crippen LogP) is 2.37. The lowest BCUT2D eigenvalue weighted by Gasteiger charge is -2.07. The SMILES string of the molecule is CCCNC(=O)c1ccnc(Nc2ccc(OC)cc2)n1. The number of rotatable bonds is 6. The largest absolute Gasteiger partial charge is 0.497 e. The third-order valence-corrected chi connectivity index (χ3v) is 2.77. The molecule has 1 aromatic carbocycles. The smallest absolute Gasteiger partial charge is 0.270 e. The van der Waals surface area contributed by atoms with Gasteiger partial charge in [-0.15, -0.1) is 0 Å². The fraction of sp³-hybridized carbons (Fsp3) is 0.267. The van der Waals surface area contributed by atoms with Crippen LogP contribution in [0.4, 0.5) is 11.6 Å². The number of amides is 1. The van der Waals surface area contributed by atoms with Crippen molar-refractivity contribution in [1.29, 1.82) is 0 Å². The Morgan fingerprint density at radius 3 is 2.67 bits per heavy atom. The highest BCUT2D eigenvalue weighted by molar-refractivity contribution is 5.92. The molecule has 6 heteroatoms. The van der Waals surface area contributed by atoms with E-state index in [2.05, 4.69) is 20.6 Å². The average molecular weight is 286 g/mol. The summed E-state index contributed by atoms with van der Waals surface area (Å²) in [5.41, 5.74) is 1.16. The fourth-order valence-corrected chi connectivity index (χ4v) is 1.68. The standard InChI is InChI=1S/C15H18N4O2/c1-3-9-16-14(20)13-8-10-17-15(19-13)18-11-4-6-12(21-2)7-5-11/h4-8,10H,3,9H2,1-2H3,(H,16,20)(H,17,18,19). The summed E-state index contributed by atoms with van der Waals surface area (Å²) in [6.45, 7) is 2.63. The zero-order chi connectivity index (χ0) is 15.1. The van der Waals surface area contributed by atoms with Crippen molar-refractivity contribution >= 4 is 17.5 Å². The van der Waals surface area contributed by atoms with E-state index in [1.165, 1.54) is 0 Å². The number of carbonyl (C=O) groups excluding carboxylic acids is 1. The van der Waals surface area contributed by atoms with E-state index in [4.69, 9.17) is 4.74 Å². The summed E-state index contributed by atoms with van der Waals surface area (Å²) in [4.78, 5) is 20.2. The number of methoxy groups -OCH3 is 1. The lowest BCUT2D eigenvalue weighted by atomic mass is 10.3. The summed E-state index contributed by atoms with van der Waals surface area (Å²) in [7, 11) is 1.62. The van der Waals surface area contributed by atoms with Gasteiger partial charge in [0.15, 0.2) is 0 Å². The first-order valence-electron chi connectivity index (χ1n) is 6.75. The first-order valence-corrected chi connectivity index (χ1v) is 6.75. The average Bonchev–Trinajstić information content (AvgIpc) is 2.53. The highest BCUT2D eigenvalue weighted by Crippen LogP contribution is 2.17. The lowest BCUT2D eigenvalue weighted by molar-refractivity contribution is 0.0948. The number of ether oxygens (including phenoxy) is 1. The van der Waals surface area contributed by atoms with Gasteiger partial charge in [0, 0.05) is 18.4 Å². The van der Waals surface area contributed by atoms with E-state index >= 15 is 0 Å². The molecule has 1 aromatic heterocycles. The zero-order valence-corrected chi connectivity index (χ0v) is 12.1. The summed E-state index contributed by atoms with van der Waals surface area (Å²) in [5, 5.41) is 5.83. The molecule has 2 aromatic rings. The second-order valence-corrected chi connectivity index (χ2v) is 4.37. The lowest BCUT2D eigenvalue weighted by Crippen LogP contribution is -2.25. The molecule has 0 fully saturated rings. The minimum absolute atomic E-state index is 0.197. The molecule has 0 saturated carbocycles. The van der Waals surface area contributed by atoms with Crippen molar-refractivity contribution in [1.82, 2.24) is 15.3 Å². The number of aromatic nitrogens is 2. The first kappa shape index (κ1) is 14.8. The number of benzene rings is 1. The van der Waals surface area contributed by atoms with Crippen LogP contribution in [0.15, 0.2) is 36.5 Å². The van der Waals surface area contributed by atoms with Crippen LogP contribution >= 0.6 is 0 Å². The molecule has 0 aliphatic rings. The minimum atomic E-state index is -0.197. The van der Waals surface area contributed by atoms with Crippen LogP contribution in [0.25, 0.3) is 0 Å². The predicted molar refractivity (Wildman–Crippen MR) is 80.9 cm³/mol. The molecule has 0 aliphatic heterocycles. The Balaban J connectivity index is 2.07. The molecule has 0 atom stereocenters. The molecule has 21 heavy (non-hydrogen) atoms. The molecule has 0 aliphatic carbocycles. The normalized spacial score (nSPS) is 10.0. The van der Waals surface area contributed by atoms with Gasteiger partial charge in [-0.2, -0.15) is 0 Å². The van der Waals surface area contributed by atoms with Gasteiger partial charge in [0.05, 0.1) is 7.11 Å². The molecule has 2 N–H and O–H groups in total. The first-order chi connectivity index (χ1) is 10.2. The van der Waals surface area contributed by atoms with E-state index < -0.39 is 0 Å². The van der Waals surface area contributed by atoms with Gasteiger partial charge in [-0.05, 0) is 36.8 Å².